The molecule has 0 saturated carbocycles. The average Bonchev–Trinajstić information content (AvgIpc) is 2.98. The van der Waals surface area contributed by atoms with Crippen LogP contribution in [-0.4, -0.2) is 68.0 Å². The van der Waals surface area contributed by atoms with Gasteiger partial charge in [0, 0.05) is 18.5 Å². The highest BCUT2D eigenvalue weighted by Gasteiger charge is 2.38. The Balaban J connectivity index is 1.88. The number of guanidine groups is 1. The number of sulfonamides is 1. The summed E-state index contributed by atoms with van der Waals surface area (Å²) in [4.78, 5) is 38.4. The van der Waals surface area contributed by atoms with Crippen molar-refractivity contribution in [3.8, 4) is 0 Å². The summed E-state index contributed by atoms with van der Waals surface area (Å²) in [5.74, 6) is -1.49. The van der Waals surface area contributed by atoms with Crippen LogP contribution in [0.25, 0.3) is 0 Å². The van der Waals surface area contributed by atoms with Gasteiger partial charge in [-0.15, -0.1) is 0 Å². The number of benzene rings is 2. The third-order valence-corrected chi connectivity index (χ3v) is 8.94. The van der Waals surface area contributed by atoms with Crippen molar-refractivity contribution in [3.05, 3.63) is 75.8 Å². The Morgan fingerprint density at radius 1 is 1.16 bits per heavy atom. The number of rotatable bonds is 13. The zero-order valence-electron chi connectivity index (χ0n) is 24.7. The minimum atomic E-state index is -4.20. The van der Waals surface area contributed by atoms with Crippen molar-refractivity contribution in [1.82, 2.24) is 14.9 Å². The van der Waals surface area contributed by atoms with E-state index in [0.29, 0.717) is 12.8 Å². The number of nitro groups is 1. The second-order valence-corrected chi connectivity index (χ2v) is 12.5. The van der Waals surface area contributed by atoms with E-state index in [9.17, 15) is 28.1 Å². The van der Waals surface area contributed by atoms with Crippen molar-refractivity contribution in [3.63, 3.8) is 0 Å². The van der Waals surface area contributed by atoms with Crippen LogP contribution in [0, 0.1) is 10.1 Å². The number of nitrogens with one attached hydrogen (secondary N) is 2. The number of carbonyl (C=O) groups is 2. The molecule has 234 valence electrons. The third-order valence-electron chi connectivity index (χ3n) is 7.47. The molecule has 1 amide bonds. The first-order chi connectivity index (χ1) is 20.4. The van der Waals surface area contributed by atoms with E-state index in [0.717, 1.165) is 17.5 Å². The minimum Gasteiger partial charge on any atom is -0.464 e. The Morgan fingerprint density at radius 3 is 2.53 bits per heavy atom. The highest BCUT2D eigenvalue weighted by molar-refractivity contribution is 7.89. The quantitative estimate of drug-likeness (QED) is 0.0759. The molecule has 0 spiro atoms. The van der Waals surface area contributed by atoms with Gasteiger partial charge in [-0.25, -0.2) is 23.3 Å². The maximum Gasteiger partial charge on any atom is 0.328 e. The van der Waals surface area contributed by atoms with Crippen LogP contribution in [0.2, 0.25) is 0 Å². The maximum atomic E-state index is 13.8. The summed E-state index contributed by atoms with van der Waals surface area (Å²) in [5, 5.41) is 15.1. The van der Waals surface area contributed by atoms with Crippen molar-refractivity contribution in [1.29, 1.82) is 0 Å². The largest absolute Gasteiger partial charge is 0.464 e. The summed E-state index contributed by atoms with van der Waals surface area (Å²) in [6.45, 7) is 6.21. The summed E-state index contributed by atoms with van der Waals surface area (Å²) in [6, 6.07) is 14.2. The van der Waals surface area contributed by atoms with Crippen molar-refractivity contribution in [2.75, 3.05) is 19.7 Å². The molecule has 2 atom stereocenters. The van der Waals surface area contributed by atoms with E-state index >= 15 is 0 Å². The summed E-state index contributed by atoms with van der Waals surface area (Å²) in [7, 11) is -4.20. The molecule has 14 heteroatoms. The minimum absolute atomic E-state index is 0.00659. The van der Waals surface area contributed by atoms with Crippen LogP contribution in [-0.2, 0) is 29.8 Å². The fourth-order valence-corrected chi connectivity index (χ4v) is 6.36. The molecular weight excluding hydrogens is 576 g/mol. The second kappa shape index (κ2) is 14.9. The molecule has 2 aromatic rings. The molecule has 0 radical (unpaired) electrons. The molecule has 0 bridgehead atoms. The van der Waals surface area contributed by atoms with Gasteiger partial charge in [-0.05, 0) is 62.3 Å². The molecule has 0 unspecified atom stereocenters. The third kappa shape index (κ3) is 8.97. The van der Waals surface area contributed by atoms with E-state index in [2.05, 4.69) is 15.1 Å². The van der Waals surface area contributed by atoms with Gasteiger partial charge in [-0.2, -0.15) is 4.72 Å². The zero-order valence-corrected chi connectivity index (χ0v) is 25.5. The Hall–Kier alpha value is -4.04. The summed E-state index contributed by atoms with van der Waals surface area (Å²) < 4.78 is 35.2. The predicted molar refractivity (Wildman–Crippen MR) is 161 cm³/mol. The van der Waals surface area contributed by atoms with Gasteiger partial charge in [0.1, 0.15) is 17.2 Å². The van der Waals surface area contributed by atoms with Crippen LogP contribution in [0.4, 0.5) is 0 Å². The molecular formula is C29H40N6O7S. The van der Waals surface area contributed by atoms with Crippen LogP contribution in [0.5, 0.6) is 0 Å². The van der Waals surface area contributed by atoms with E-state index in [1.165, 1.54) is 11.0 Å². The molecule has 0 aromatic heterocycles. The number of nitrogens with zero attached hydrogens (tertiary/aromatic N) is 3. The fourth-order valence-electron chi connectivity index (χ4n) is 5.09. The fraction of sp³-hybridized carbons (Fsp3) is 0.483. The van der Waals surface area contributed by atoms with Gasteiger partial charge in [-0.1, -0.05) is 56.3 Å². The Morgan fingerprint density at radius 2 is 1.86 bits per heavy atom. The van der Waals surface area contributed by atoms with Gasteiger partial charge in [0.15, 0.2) is 5.03 Å². The molecule has 0 aliphatic carbocycles. The lowest BCUT2D eigenvalue weighted by atomic mass is 9.78. The molecule has 1 aliphatic rings. The van der Waals surface area contributed by atoms with Crippen LogP contribution in [0.15, 0.2) is 64.6 Å². The van der Waals surface area contributed by atoms with Crippen molar-refractivity contribution in [2.45, 2.75) is 75.3 Å². The van der Waals surface area contributed by atoms with Gasteiger partial charge >= 0.3 is 5.97 Å². The Labute approximate surface area is 252 Å². The van der Waals surface area contributed by atoms with Gasteiger partial charge < -0.3 is 20.7 Å². The van der Waals surface area contributed by atoms with E-state index in [1.54, 1.807) is 19.1 Å². The number of hydrazone groups is 1. The normalized spacial score (nSPS) is 16.8. The highest BCUT2D eigenvalue weighted by Crippen LogP contribution is 2.32. The van der Waals surface area contributed by atoms with Crippen LogP contribution in [0.3, 0.4) is 0 Å². The maximum absolute atomic E-state index is 13.8. The summed E-state index contributed by atoms with van der Waals surface area (Å²) in [5.41, 5.74) is 6.75. The van der Waals surface area contributed by atoms with Crippen LogP contribution < -0.4 is 15.8 Å². The number of likely N-dealkylation sites (tertiary alicyclic amines) is 1. The standard InChI is InChI=1S/C29H40N6O7S/c1-4-42-27(37)25-17-8-9-19-34(25)26(36)24(16-11-18-31-28(30)32-35(38)39)33-43(40,41)23-15-10-14-22(20-23)29(2,3)21-12-6-5-7-13-21/h5-7,10,12-15,20,24-25,33H,4,8-9,11,16-19H2,1-3H3,(H3,30,31,32)/t24-,25+/m0/s1. The van der Waals surface area contributed by atoms with Gasteiger partial charge in [0.25, 0.3) is 5.96 Å². The average molecular weight is 617 g/mol. The molecule has 1 fully saturated rings. The van der Waals surface area contributed by atoms with Crippen molar-refractivity contribution in [2.24, 2.45) is 10.8 Å². The predicted octanol–water partition coefficient (Wildman–Crippen LogP) is 2.48. The number of piperidine rings is 1. The number of ether oxygens (including phenoxy) is 1. The van der Waals surface area contributed by atoms with E-state index in [4.69, 9.17) is 10.5 Å². The molecule has 43 heavy (non-hydrogen) atoms. The lowest BCUT2D eigenvalue weighted by Gasteiger charge is -2.36. The second-order valence-electron chi connectivity index (χ2n) is 10.8. The molecule has 1 heterocycles. The number of carbonyl (C=O) groups excluding carboxylic acids is 2. The molecule has 2 aromatic carbocycles. The highest BCUT2D eigenvalue weighted by atomic mass is 32.2. The van der Waals surface area contributed by atoms with Gasteiger partial charge in [0.05, 0.1) is 11.5 Å². The number of esters is 1. The Bertz CT molecular complexity index is 1420. The number of hydrogen-bond donors (Lipinski definition) is 3. The summed E-state index contributed by atoms with van der Waals surface area (Å²) >= 11 is 0. The van der Waals surface area contributed by atoms with E-state index in [-0.39, 0.29) is 37.4 Å². The molecule has 13 nitrogen and oxygen atoms in total. The van der Waals surface area contributed by atoms with Gasteiger partial charge in [0.2, 0.25) is 15.9 Å². The topological polar surface area (TPSA) is 186 Å². The SMILES string of the molecule is CCOC(=O)[C@H]1CCCCN1C(=O)[C@H](CCCN/C(N)=N/[N+](=O)[O-])NS(=O)(=O)c1cccc(C(C)(C)c2ccccc2)c1. The lowest BCUT2D eigenvalue weighted by Crippen LogP contribution is -2.55. The first-order valence-electron chi connectivity index (χ1n) is 14.2. The zero-order chi connectivity index (χ0) is 31.6. The van der Waals surface area contributed by atoms with Crippen molar-refractivity contribution < 1.29 is 27.8 Å². The number of hydrogen-bond acceptors (Lipinski definition) is 7. The van der Waals surface area contributed by atoms with Crippen molar-refractivity contribution >= 4 is 27.9 Å². The number of nitrogens with two attached hydrogens (primary N) is 1. The van der Waals surface area contributed by atoms with Crippen LogP contribution >= 0.6 is 0 Å². The molecule has 4 N–H and O–H groups in total. The van der Waals surface area contributed by atoms with E-state index < -0.39 is 50.4 Å². The number of amides is 1. The van der Waals surface area contributed by atoms with E-state index in [1.807, 2.05) is 50.2 Å². The molecule has 1 saturated heterocycles. The lowest BCUT2D eigenvalue weighted by molar-refractivity contribution is -0.485. The summed E-state index contributed by atoms with van der Waals surface area (Å²) in [6.07, 6.45) is 2.04. The van der Waals surface area contributed by atoms with Crippen LogP contribution in [0.1, 0.15) is 64.0 Å². The first kappa shape index (κ1) is 33.5. The first-order valence-corrected chi connectivity index (χ1v) is 15.7. The smallest absolute Gasteiger partial charge is 0.328 e. The monoisotopic (exact) mass is 616 g/mol. The van der Waals surface area contributed by atoms with Gasteiger partial charge in [-0.3, -0.25) is 4.79 Å². The Kier molecular flexibility index (Phi) is 11.6. The molecule has 1 aliphatic heterocycles. The molecule has 3 rings (SSSR count).